The van der Waals surface area contributed by atoms with Gasteiger partial charge in [-0.1, -0.05) is 13.0 Å². The largest absolute Gasteiger partial charge is 0.435 e. The minimum absolute atomic E-state index is 0.195. The van der Waals surface area contributed by atoms with Crippen molar-refractivity contribution in [1.82, 2.24) is 20.1 Å². The lowest BCUT2D eigenvalue weighted by Crippen LogP contribution is -2.18. The Labute approximate surface area is 120 Å². The van der Waals surface area contributed by atoms with Gasteiger partial charge >= 0.3 is 0 Å². The Kier molecular flexibility index (Phi) is 4.39. The molecule has 0 aliphatic heterocycles. The zero-order valence-corrected chi connectivity index (χ0v) is 12.8. The van der Waals surface area contributed by atoms with Gasteiger partial charge in [0.25, 0.3) is 0 Å². The maximum Gasteiger partial charge on any atom is 0.224 e. The molecule has 5 heteroatoms. The highest BCUT2D eigenvalue weighted by molar-refractivity contribution is 5.38. The van der Waals surface area contributed by atoms with Crippen LogP contribution in [0.25, 0.3) is 0 Å². The lowest BCUT2D eigenvalue weighted by molar-refractivity contribution is 0.437. The molecule has 20 heavy (non-hydrogen) atoms. The molecule has 2 rings (SSSR count). The first-order valence-electron chi connectivity index (χ1n) is 6.91. The molecule has 0 radical (unpaired) electrons. The van der Waals surface area contributed by atoms with Gasteiger partial charge in [-0.05, 0) is 33.4 Å². The highest BCUT2D eigenvalue weighted by Gasteiger charge is 2.17. The molecule has 0 aliphatic carbocycles. The van der Waals surface area contributed by atoms with Gasteiger partial charge in [-0.3, -0.25) is 4.68 Å². The van der Waals surface area contributed by atoms with Gasteiger partial charge in [-0.2, -0.15) is 5.10 Å². The number of aromatic nitrogens is 3. The van der Waals surface area contributed by atoms with Crippen molar-refractivity contribution in [3.63, 3.8) is 0 Å². The number of rotatable bonds is 5. The molecule has 108 valence electrons. The molecule has 2 aromatic heterocycles. The third kappa shape index (κ3) is 2.82. The van der Waals surface area contributed by atoms with Gasteiger partial charge in [0.1, 0.15) is 5.69 Å². The normalized spacial score (nSPS) is 12.4. The molecule has 0 spiro atoms. The Hall–Kier alpha value is -1.88. The van der Waals surface area contributed by atoms with Crippen LogP contribution in [0.15, 0.2) is 18.3 Å². The van der Waals surface area contributed by atoms with Crippen molar-refractivity contribution in [3.8, 4) is 11.6 Å². The van der Waals surface area contributed by atoms with Crippen LogP contribution in [-0.4, -0.2) is 21.3 Å². The predicted octanol–water partition coefficient (Wildman–Crippen LogP) is 2.89. The highest BCUT2D eigenvalue weighted by Crippen LogP contribution is 2.31. The summed E-state index contributed by atoms with van der Waals surface area (Å²) in [5.41, 5.74) is 2.92. The summed E-state index contributed by atoms with van der Waals surface area (Å²) in [6.45, 7) is 9.03. The van der Waals surface area contributed by atoms with Crippen LogP contribution in [0.2, 0.25) is 0 Å². The maximum atomic E-state index is 6.02. The average molecular weight is 274 g/mol. The van der Waals surface area contributed by atoms with Crippen molar-refractivity contribution in [2.24, 2.45) is 7.05 Å². The van der Waals surface area contributed by atoms with Crippen molar-refractivity contribution < 1.29 is 4.74 Å². The van der Waals surface area contributed by atoms with Crippen LogP contribution in [-0.2, 0) is 7.05 Å². The summed E-state index contributed by atoms with van der Waals surface area (Å²) in [5.74, 6) is 1.43. The van der Waals surface area contributed by atoms with Crippen LogP contribution in [0.4, 0.5) is 0 Å². The first kappa shape index (κ1) is 14.5. The van der Waals surface area contributed by atoms with Gasteiger partial charge in [-0.25, -0.2) is 4.98 Å². The van der Waals surface area contributed by atoms with Gasteiger partial charge in [0.2, 0.25) is 5.88 Å². The van der Waals surface area contributed by atoms with E-state index in [0.29, 0.717) is 5.88 Å². The van der Waals surface area contributed by atoms with Crippen molar-refractivity contribution in [2.45, 2.75) is 33.7 Å². The lowest BCUT2D eigenvalue weighted by Gasteiger charge is -2.16. The molecule has 0 saturated heterocycles. The molecule has 0 amide bonds. The summed E-state index contributed by atoms with van der Waals surface area (Å²) >= 11 is 0. The molecule has 5 nitrogen and oxygen atoms in total. The van der Waals surface area contributed by atoms with Crippen molar-refractivity contribution in [3.05, 3.63) is 35.3 Å². The van der Waals surface area contributed by atoms with E-state index in [1.165, 1.54) is 0 Å². The average Bonchev–Trinajstić information content (AvgIpc) is 2.66. The number of nitrogens with one attached hydrogen (secondary N) is 1. The fraction of sp³-hybridized carbons (Fsp3) is 0.467. The van der Waals surface area contributed by atoms with Gasteiger partial charge in [0, 0.05) is 24.8 Å². The van der Waals surface area contributed by atoms with Gasteiger partial charge in [-0.15, -0.1) is 0 Å². The Morgan fingerprint density at radius 3 is 2.75 bits per heavy atom. The van der Waals surface area contributed by atoms with E-state index >= 15 is 0 Å². The summed E-state index contributed by atoms with van der Waals surface area (Å²) in [5, 5.41) is 7.75. The number of pyridine rings is 1. The fourth-order valence-corrected chi connectivity index (χ4v) is 2.23. The van der Waals surface area contributed by atoms with Crippen LogP contribution in [0.5, 0.6) is 11.6 Å². The molecule has 0 aromatic carbocycles. The molecule has 1 N–H and O–H groups in total. The topological polar surface area (TPSA) is 52.0 Å². The highest BCUT2D eigenvalue weighted by atomic mass is 16.5. The van der Waals surface area contributed by atoms with Crippen LogP contribution in [0.3, 0.4) is 0 Å². The summed E-state index contributed by atoms with van der Waals surface area (Å²) < 4.78 is 7.85. The molecule has 0 bridgehead atoms. The van der Waals surface area contributed by atoms with Crippen LogP contribution >= 0.6 is 0 Å². The Morgan fingerprint density at radius 1 is 1.40 bits per heavy atom. The van der Waals surface area contributed by atoms with E-state index in [2.05, 4.69) is 29.2 Å². The SMILES string of the molecule is CCNC(C)c1cccnc1Oc1c(C)nn(C)c1C. The van der Waals surface area contributed by atoms with E-state index < -0.39 is 0 Å². The van der Waals surface area contributed by atoms with E-state index in [-0.39, 0.29) is 6.04 Å². The number of aryl methyl sites for hydroxylation is 2. The van der Waals surface area contributed by atoms with E-state index in [9.17, 15) is 0 Å². The van der Waals surface area contributed by atoms with E-state index in [4.69, 9.17) is 4.74 Å². The fourth-order valence-electron chi connectivity index (χ4n) is 2.23. The minimum Gasteiger partial charge on any atom is -0.435 e. The molecule has 0 fully saturated rings. The molecule has 2 heterocycles. The Balaban J connectivity index is 2.34. The maximum absolute atomic E-state index is 6.02. The summed E-state index contributed by atoms with van der Waals surface area (Å²) in [4.78, 5) is 4.37. The smallest absolute Gasteiger partial charge is 0.224 e. The molecule has 0 saturated carbocycles. The minimum atomic E-state index is 0.195. The standard InChI is InChI=1S/C15H22N4O/c1-6-16-10(2)13-8-7-9-17-15(13)20-14-11(3)18-19(5)12(14)4/h7-10,16H,6H2,1-5H3. The number of nitrogens with zero attached hydrogens (tertiary/aromatic N) is 3. The van der Waals surface area contributed by atoms with Gasteiger partial charge in [0.05, 0.1) is 5.69 Å². The number of ether oxygens (including phenoxy) is 1. The second kappa shape index (κ2) is 6.05. The molecule has 1 atom stereocenters. The van der Waals surface area contributed by atoms with E-state index in [1.807, 2.05) is 37.7 Å². The van der Waals surface area contributed by atoms with Crippen molar-refractivity contribution >= 4 is 0 Å². The predicted molar refractivity (Wildman–Crippen MR) is 79.1 cm³/mol. The monoisotopic (exact) mass is 274 g/mol. The lowest BCUT2D eigenvalue weighted by atomic mass is 10.1. The van der Waals surface area contributed by atoms with Crippen LogP contribution < -0.4 is 10.1 Å². The molecular weight excluding hydrogens is 252 g/mol. The number of hydrogen-bond acceptors (Lipinski definition) is 4. The quantitative estimate of drug-likeness (QED) is 0.911. The first-order valence-corrected chi connectivity index (χ1v) is 6.91. The first-order chi connectivity index (χ1) is 9.54. The summed E-state index contributed by atoms with van der Waals surface area (Å²) in [6.07, 6.45) is 1.75. The number of hydrogen-bond donors (Lipinski definition) is 1. The molecule has 2 aromatic rings. The Bertz CT molecular complexity index is 592. The van der Waals surface area contributed by atoms with Gasteiger partial charge in [0.15, 0.2) is 5.75 Å². The van der Waals surface area contributed by atoms with E-state index in [0.717, 1.165) is 29.2 Å². The van der Waals surface area contributed by atoms with Crippen molar-refractivity contribution in [2.75, 3.05) is 6.54 Å². The van der Waals surface area contributed by atoms with Crippen LogP contribution in [0, 0.1) is 13.8 Å². The van der Waals surface area contributed by atoms with Crippen LogP contribution in [0.1, 0.15) is 36.8 Å². The van der Waals surface area contributed by atoms with E-state index in [1.54, 1.807) is 6.20 Å². The van der Waals surface area contributed by atoms with Crippen molar-refractivity contribution in [1.29, 1.82) is 0 Å². The zero-order chi connectivity index (χ0) is 14.7. The third-order valence-electron chi connectivity index (χ3n) is 3.42. The zero-order valence-electron chi connectivity index (χ0n) is 12.8. The second-order valence-corrected chi connectivity index (χ2v) is 4.90. The molecular formula is C15H22N4O. The summed E-state index contributed by atoms with van der Waals surface area (Å²) in [6, 6.07) is 4.16. The second-order valence-electron chi connectivity index (χ2n) is 4.90. The van der Waals surface area contributed by atoms with Gasteiger partial charge < -0.3 is 10.1 Å². The molecule has 1 unspecified atom stereocenters. The Morgan fingerprint density at radius 2 is 2.15 bits per heavy atom. The summed E-state index contributed by atoms with van der Waals surface area (Å²) in [7, 11) is 1.91. The molecule has 0 aliphatic rings. The third-order valence-corrected chi connectivity index (χ3v) is 3.42.